The molecule has 1 aliphatic heterocycles. The largest absolute Gasteiger partial charge is 0.384 e. The third-order valence-corrected chi connectivity index (χ3v) is 3.88. The van der Waals surface area contributed by atoms with Crippen LogP contribution >= 0.6 is 15.9 Å². The van der Waals surface area contributed by atoms with Gasteiger partial charge in [0.05, 0.1) is 4.47 Å². The van der Waals surface area contributed by atoms with Gasteiger partial charge in [0.15, 0.2) is 0 Å². The molecule has 0 aliphatic carbocycles. The van der Waals surface area contributed by atoms with Gasteiger partial charge in [-0.25, -0.2) is 4.39 Å². The van der Waals surface area contributed by atoms with Crippen molar-refractivity contribution in [3.05, 3.63) is 28.5 Å². The molecule has 0 radical (unpaired) electrons. The molecule has 0 spiro atoms. The molecule has 1 fully saturated rings. The fourth-order valence-corrected chi connectivity index (χ4v) is 2.41. The van der Waals surface area contributed by atoms with E-state index in [1.165, 1.54) is 6.07 Å². The molecule has 5 heteroatoms. The third kappa shape index (κ3) is 3.93. The summed E-state index contributed by atoms with van der Waals surface area (Å²) in [6.07, 6.45) is 0. The van der Waals surface area contributed by atoms with Crippen LogP contribution in [0.3, 0.4) is 0 Å². The van der Waals surface area contributed by atoms with Gasteiger partial charge in [0, 0.05) is 45.0 Å². The van der Waals surface area contributed by atoms with Gasteiger partial charge in [-0.3, -0.25) is 4.90 Å². The summed E-state index contributed by atoms with van der Waals surface area (Å²) in [4.78, 5) is 4.80. The molecule has 0 bridgehead atoms. The van der Waals surface area contributed by atoms with E-state index in [0.717, 1.165) is 45.0 Å². The summed E-state index contributed by atoms with van der Waals surface area (Å²) in [5, 5.41) is 3.32. The average Bonchev–Trinajstić information content (AvgIpc) is 2.36. The third-order valence-electron chi connectivity index (χ3n) is 3.27. The second-order valence-corrected chi connectivity index (χ2v) is 5.55. The van der Waals surface area contributed by atoms with Gasteiger partial charge in [-0.05, 0) is 41.2 Å². The topological polar surface area (TPSA) is 18.5 Å². The lowest BCUT2D eigenvalue weighted by Crippen LogP contribution is -2.45. The van der Waals surface area contributed by atoms with E-state index in [1.54, 1.807) is 12.1 Å². The second-order valence-electron chi connectivity index (χ2n) is 4.70. The average molecular weight is 316 g/mol. The van der Waals surface area contributed by atoms with Gasteiger partial charge in [0.2, 0.25) is 0 Å². The Hall–Kier alpha value is -0.650. The number of benzene rings is 1. The van der Waals surface area contributed by atoms with E-state index in [9.17, 15) is 4.39 Å². The Morgan fingerprint density at radius 2 is 2.00 bits per heavy atom. The molecule has 1 aromatic rings. The molecule has 0 aromatic heterocycles. The van der Waals surface area contributed by atoms with E-state index < -0.39 is 0 Å². The molecule has 0 saturated carbocycles. The van der Waals surface area contributed by atoms with Crippen LogP contribution < -0.4 is 5.32 Å². The lowest BCUT2D eigenvalue weighted by Gasteiger charge is -2.32. The first-order valence-electron chi connectivity index (χ1n) is 6.25. The van der Waals surface area contributed by atoms with Crippen LogP contribution in [0.15, 0.2) is 22.7 Å². The van der Waals surface area contributed by atoms with Crippen molar-refractivity contribution in [3.8, 4) is 0 Å². The van der Waals surface area contributed by atoms with Crippen molar-refractivity contribution in [1.29, 1.82) is 0 Å². The SMILES string of the molecule is CN1CCN(CCNc2ccc(F)c(Br)c2)CC1. The van der Waals surface area contributed by atoms with Crippen molar-refractivity contribution >= 4 is 21.6 Å². The Bertz CT molecular complexity index is 392. The van der Waals surface area contributed by atoms with Crippen LogP contribution in [-0.2, 0) is 0 Å². The molecule has 2 rings (SSSR count). The Morgan fingerprint density at radius 1 is 1.28 bits per heavy atom. The zero-order valence-corrected chi connectivity index (χ0v) is 12.2. The maximum Gasteiger partial charge on any atom is 0.137 e. The standard InChI is InChI=1S/C13H19BrFN3/c1-17-6-8-18(9-7-17)5-4-16-11-2-3-13(15)12(14)10-11/h2-3,10,16H,4-9H2,1H3. The van der Waals surface area contributed by atoms with Crippen LogP contribution in [0.1, 0.15) is 0 Å². The first kappa shape index (κ1) is 13.8. The molecular formula is C13H19BrFN3. The van der Waals surface area contributed by atoms with Crippen LogP contribution in [0.2, 0.25) is 0 Å². The highest BCUT2D eigenvalue weighted by atomic mass is 79.9. The summed E-state index contributed by atoms with van der Waals surface area (Å²) in [7, 11) is 2.16. The van der Waals surface area contributed by atoms with E-state index >= 15 is 0 Å². The van der Waals surface area contributed by atoms with E-state index in [1.807, 2.05) is 0 Å². The maximum atomic E-state index is 13.1. The van der Waals surface area contributed by atoms with E-state index in [2.05, 4.69) is 38.1 Å². The quantitative estimate of drug-likeness (QED) is 0.919. The van der Waals surface area contributed by atoms with Crippen molar-refractivity contribution in [3.63, 3.8) is 0 Å². The van der Waals surface area contributed by atoms with Gasteiger partial charge in [-0.2, -0.15) is 0 Å². The number of piperazine rings is 1. The first-order chi connectivity index (χ1) is 8.65. The minimum atomic E-state index is -0.223. The predicted molar refractivity (Wildman–Crippen MR) is 76.5 cm³/mol. The van der Waals surface area contributed by atoms with Crippen molar-refractivity contribution in [2.75, 3.05) is 51.6 Å². The second kappa shape index (κ2) is 6.50. The summed E-state index contributed by atoms with van der Waals surface area (Å²) in [5.74, 6) is -0.223. The highest BCUT2D eigenvalue weighted by Gasteiger charge is 2.12. The smallest absolute Gasteiger partial charge is 0.137 e. The van der Waals surface area contributed by atoms with E-state index in [0.29, 0.717) is 4.47 Å². The highest BCUT2D eigenvalue weighted by molar-refractivity contribution is 9.10. The molecule has 0 amide bonds. The summed E-state index contributed by atoms with van der Waals surface area (Å²) < 4.78 is 13.6. The Morgan fingerprint density at radius 3 is 2.67 bits per heavy atom. The predicted octanol–water partition coefficient (Wildman–Crippen LogP) is 2.25. The monoisotopic (exact) mass is 315 g/mol. The fraction of sp³-hybridized carbons (Fsp3) is 0.538. The zero-order chi connectivity index (χ0) is 13.0. The minimum Gasteiger partial charge on any atom is -0.384 e. The molecule has 3 nitrogen and oxygen atoms in total. The number of nitrogens with zero attached hydrogens (tertiary/aromatic N) is 2. The van der Waals surface area contributed by atoms with Gasteiger partial charge in [0.1, 0.15) is 5.82 Å². The number of likely N-dealkylation sites (N-methyl/N-ethyl adjacent to an activating group) is 1. The normalized spacial score (nSPS) is 17.9. The number of anilines is 1. The van der Waals surface area contributed by atoms with Crippen molar-refractivity contribution in [2.45, 2.75) is 0 Å². The van der Waals surface area contributed by atoms with Crippen molar-refractivity contribution in [1.82, 2.24) is 9.80 Å². The molecular weight excluding hydrogens is 297 g/mol. The molecule has 1 heterocycles. The van der Waals surface area contributed by atoms with Crippen molar-refractivity contribution in [2.24, 2.45) is 0 Å². The van der Waals surface area contributed by atoms with E-state index in [-0.39, 0.29) is 5.82 Å². The van der Waals surface area contributed by atoms with Crippen LogP contribution in [0.4, 0.5) is 10.1 Å². The molecule has 18 heavy (non-hydrogen) atoms. The van der Waals surface area contributed by atoms with Crippen molar-refractivity contribution < 1.29 is 4.39 Å². The van der Waals surface area contributed by atoms with Crippen LogP contribution in [0.25, 0.3) is 0 Å². The molecule has 1 aromatic carbocycles. The Kier molecular flexibility index (Phi) is 4.97. The minimum absolute atomic E-state index is 0.223. The lowest BCUT2D eigenvalue weighted by molar-refractivity contribution is 0.158. The number of halogens is 2. The summed E-state index contributed by atoms with van der Waals surface area (Å²) in [6, 6.07) is 5.02. The van der Waals surface area contributed by atoms with Gasteiger partial charge in [0.25, 0.3) is 0 Å². The van der Waals surface area contributed by atoms with Crippen LogP contribution in [0.5, 0.6) is 0 Å². The Balaban J connectivity index is 1.73. The van der Waals surface area contributed by atoms with Crippen LogP contribution in [0, 0.1) is 5.82 Å². The van der Waals surface area contributed by atoms with Gasteiger partial charge < -0.3 is 10.2 Å². The molecule has 1 N–H and O–H groups in total. The first-order valence-corrected chi connectivity index (χ1v) is 7.04. The molecule has 1 aliphatic rings. The van der Waals surface area contributed by atoms with Gasteiger partial charge in [-0.1, -0.05) is 0 Å². The Labute approximate surface area is 116 Å². The van der Waals surface area contributed by atoms with Gasteiger partial charge in [-0.15, -0.1) is 0 Å². The molecule has 0 unspecified atom stereocenters. The maximum absolute atomic E-state index is 13.1. The molecule has 1 saturated heterocycles. The summed E-state index contributed by atoms with van der Waals surface area (Å²) in [6.45, 7) is 6.46. The van der Waals surface area contributed by atoms with Crippen LogP contribution in [-0.4, -0.2) is 56.1 Å². The fourth-order valence-electron chi connectivity index (χ4n) is 2.04. The molecule has 100 valence electrons. The van der Waals surface area contributed by atoms with E-state index in [4.69, 9.17) is 0 Å². The summed E-state index contributed by atoms with van der Waals surface area (Å²) in [5.41, 5.74) is 0.956. The zero-order valence-electron chi connectivity index (χ0n) is 10.6. The number of hydrogen-bond donors (Lipinski definition) is 1. The molecule has 0 atom stereocenters. The number of rotatable bonds is 4. The highest BCUT2D eigenvalue weighted by Crippen LogP contribution is 2.19. The summed E-state index contributed by atoms with van der Waals surface area (Å²) >= 11 is 3.19. The lowest BCUT2D eigenvalue weighted by atomic mass is 10.3. The number of nitrogens with one attached hydrogen (secondary N) is 1. The number of hydrogen-bond acceptors (Lipinski definition) is 3. The van der Waals surface area contributed by atoms with Gasteiger partial charge >= 0.3 is 0 Å².